The van der Waals surface area contributed by atoms with E-state index < -0.39 is 37.1 Å². The van der Waals surface area contributed by atoms with Gasteiger partial charge in [0.05, 0.1) is 21.7 Å². The second kappa shape index (κ2) is 13.6. The normalized spacial score (nSPS) is 17.0. The summed E-state index contributed by atoms with van der Waals surface area (Å²) >= 11 is 13.0. The van der Waals surface area contributed by atoms with Gasteiger partial charge in [-0.2, -0.15) is 18.2 Å². The van der Waals surface area contributed by atoms with E-state index in [1.165, 1.54) is 10.6 Å². The number of benzene rings is 1. The molecule has 1 fully saturated rings. The first-order chi connectivity index (χ1) is 20.6. The molecule has 0 atom stereocenters. The van der Waals surface area contributed by atoms with E-state index in [0.29, 0.717) is 11.1 Å². The fourth-order valence-corrected chi connectivity index (χ4v) is 5.27. The quantitative estimate of drug-likeness (QED) is 0.165. The zero-order valence-electron chi connectivity index (χ0n) is 23.6. The lowest BCUT2D eigenvalue weighted by Gasteiger charge is -2.30. The van der Waals surface area contributed by atoms with Crippen molar-refractivity contribution < 1.29 is 36.3 Å². The number of anilines is 2. The largest absolute Gasteiger partial charge is 0.471 e. The Hall–Kier alpha value is -3.65. The van der Waals surface area contributed by atoms with Crippen LogP contribution < -0.4 is 20.7 Å². The summed E-state index contributed by atoms with van der Waals surface area (Å²) < 4.78 is 71.8. The second-order valence-corrected chi connectivity index (χ2v) is 11.2. The Morgan fingerprint density at radius 3 is 2.45 bits per heavy atom. The van der Waals surface area contributed by atoms with Crippen LogP contribution in [-0.2, 0) is 18.4 Å². The molecule has 1 aliphatic rings. The van der Waals surface area contributed by atoms with Crippen LogP contribution in [0.25, 0.3) is 11.2 Å². The van der Waals surface area contributed by atoms with Crippen molar-refractivity contribution in [2.24, 2.45) is 13.0 Å². The van der Waals surface area contributed by atoms with E-state index in [2.05, 4.69) is 32.5 Å². The van der Waals surface area contributed by atoms with E-state index in [0.717, 1.165) is 0 Å². The highest BCUT2D eigenvalue weighted by Crippen LogP contribution is 2.38. The number of ether oxygens (including phenoxy) is 1. The average molecular weight is 663 g/mol. The Bertz CT molecular complexity index is 1570. The number of nitrogens with one attached hydrogen (secondary N) is 3. The molecule has 16 heteroatoms. The summed E-state index contributed by atoms with van der Waals surface area (Å²) in [4.78, 5) is 33.9. The molecule has 1 saturated carbocycles. The lowest BCUT2D eigenvalue weighted by atomic mass is 9.85. The molecule has 2 aromatic heterocycles. The molecule has 0 saturated heterocycles. The maximum atomic E-state index is 13.2. The van der Waals surface area contributed by atoms with Gasteiger partial charge >= 0.3 is 6.18 Å². The lowest BCUT2D eigenvalue weighted by Crippen LogP contribution is -2.40. The van der Waals surface area contributed by atoms with Gasteiger partial charge in [0.15, 0.2) is 12.3 Å². The van der Waals surface area contributed by atoms with Gasteiger partial charge in [0.2, 0.25) is 17.7 Å². The number of carbonyl (C=O) groups is 2. The number of halogens is 7. The molecule has 1 aliphatic carbocycles. The summed E-state index contributed by atoms with van der Waals surface area (Å²) in [7, 11) is 1.57. The molecule has 4 rings (SSSR count). The fraction of sp³-hybridized carbons (Fsp3) is 0.429. The van der Waals surface area contributed by atoms with Gasteiger partial charge in [-0.1, -0.05) is 35.8 Å². The number of pyridine rings is 1. The summed E-state index contributed by atoms with van der Waals surface area (Å²) in [5, 5.41) is 8.80. The molecule has 3 N–H and O–H groups in total. The Kier molecular flexibility index (Phi) is 10.2. The predicted octanol–water partition coefficient (Wildman–Crippen LogP) is 6.71. The molecule has 3 aromatic rings. The van der Waals surface area contributed by atoms with E-state index in [9.17, 15) is 31.5 Å². The van der Waals surface area contributed by atoms with E-state index in [-0.39, 0.29) is 82.4 Å². The smallest absolute Gasteiger partial charge is 0.391 e. The number of hydrogen-bond acceptors (Lipinski definition) is 6. The number of carbonyl (C=O) groups excluding carboxylic acids is 2. The molecule has 0 radical (unpaired) electrons. The van der Waals surface area contributed by atoms with Gasteiger partial charge in [-0.05, 0) is 50.3 Å². The zero-order valence-corrected chi connectivity index (χ0v) is 25.1. The number of aromatic nitrogens is 3. The van der Waals surface area contributed by atoms with Gasteiger partial charge in [0.1, 0.15) is 11.1 Å². The standard InChI is InChI=1S/C28H29Cl2F5N6O3/c1-13(2)24(42)36-11-14-4-9-18(29)22(21(14)30)39-27-38-19-10-17(26(44-12-20(31)32)40-23(19)41(27)3)25(43)37-16-7-5-15(6-8-16)28(33,34)35/h4,9-10,15-16,20H,1,5-8,11-12H2,2-3H3,(H,36,42)(H,37,43)(H,38,39). The monoisotopic (exact) mass is 662 g/mol. The molecule has 9 nitrogen and oxygen atoms in total. The van der Waals surface area contributed by atoms with Crippen molar-refractivity contribution >= 4 is 57.8 Å². The molecule has 2 heterocycles. The Morgan fingerprint density at radius 2 is 1.84 bits per heavy atom. The molecule has 2 amide bonds. The number of fused-ring (bicyclic) bond motifs is 1. The van der Waals surface area contributed by atoms with Crippen LogP contribution in [0.5, 0.6) is 5.88 Å². The molecular weight excluding hydrogens is 634 g/mol. The first kappa shape index (κ1) is 33.2. The molecule has 44 heavy (non-hydrogen) atoms. The Balaban J connectivity index is 1.61. The van der Waals surface area contributed by atoms with Gasteiger partial charge < -0.3 is 20.7 Å². The SMILES string of the molecule is C=C(C)C(=O)NCc1ccc(Cl)c(Nc2nc3cc(C(=O)NC4CCC(C(F)(F)F)CC4)c(OCC(F)F)nc3n2C)c1Cl. The average Bonchev–Trinajstić information content (AvgIpc) is 3.26. The van der Waals surface area contributed by atoms with Crippen molar-refractivity contribution in [3.63, 3.8) is 0 Å². The maximum absolute atomic E-state index is 13.2. The summed E-state index contributed by atoms with van der Waals surface area (Å²) in [6.45, 7) is 4.19. The second-order valence-electron chi connectivity index (χ2n) is 10.4. The van der Waals surface area contributed by atoms with E-state index in [4.69, 9.17) is 27.9 Å². The number of hydrogen-bond donors (Lipinski definition) is 3. The third-order valence-corrected chi connectivity index (χ3v) is 7.91. The minimum Gasteiger partial charge on any atom is -0.471 e. The van der Waals surface area contributed by atoms with Gasteiger partial charge in [-0.3, -0.25) is 14.2 Å². The van der Waals surface area contributed by atoms with E-state index in [1.807, 2.05) is 0 Å². The lowest BCUT2D eigenvalue weighted by molar-refractivity contribution is -0.182. The van der Waals surface area contributed by atoms with Crippen molar-refractivity contribution in [3.05, 3.63) is 51.5 Å². The van der Waals surface area contributed by atoms with Crippen molar-refractivity contribution in [3.8, 4) is 5.88 Å². The van der Waals surface area contributed by atoms with E-state index in [1.54, 1.807) is 26.1 Å². The van der Waals surface area contributed by atoms with Crippen molar-refractivity contribution in [1.29, 1.82) is 0 Å². The molecule has 0 bridgehead atoms. The van der Waals surface area contributed by atoms with Crippen molar-refractivity contribution in [2.75, 3.05) is 11.9 Å². The minimum absolute atomic E-state index is 0.0850. The highest BCUT2D eigenvalue weighted by atomic mass is 35.5. The van der Waals surface area contributed by atoms with Gasteiger partial charge in [-0.25, -0.2) is 13.8 Å². The molecular formula is C28H29Cl2F5N6O3. The number of amides is 2. The summed E-state index contributed by atoms with van der Waals surface area (Å²) in [6.07, 6.45) is -7.23. The maximum Gasteiger partial charge on any atom is 0.391 e. The summed E-state index contributed by atoms with van der Waals surface area (Å²) in [6, 6.07) is 3.97. The Labute approximate surface area is 259 Å². The highest BCUT2D eigenvalue weighted by molar-refractivity contribution is 6.39. The third kappa shape index (κ3) is 7.70. The Morgan fingerprint density at radius 1 is 1.16 bits per heavy atom. The predicted molar refractivity (Wildman–Crippen MR) is 156 cm³/mol. The van der Waals surface area contributed by atoms with Gasteiger partial charge in [-0.15, -0.1) is 0 Å². The summed E-state index contributed by atoms with van der Waals surface area (Å²) in [5.41, 5.74) is 1.26. The van der Waals surface area contributed by atoms with Crippen LogP contribution in [0.4, 0.5) is 33.6 Å². The van der Waals surface area contributed by atoms with Crippen LogP contribution in [0.15, 0.2) is 30.4 Å². The van der Waals surface area contributed by atoms with Gasteiger partial charge in [0, 0.05) is 25.2 Å². The third-order valence-electron chi connectivity index (χ3n) is 7.16. The number of rotatable bonds is 10. The topological polar surface area (TPSA) is 110 Å². The first-order valence-electron chi connectivity index (χ1n) is 13.5. The van der Waals surface area contributed by atoms with E-state index >= 15 is 0 Å². The number of nitrogens with zero attached hydrogens (tertiary/aromatic N) is 3. The van der Waals surface area contributed by atoms with Crippen LogP contribution in [0.2, 0.25) is 10.0 Å². The number of aryl methyl sites for hydroxylation is 1. The minimum atomic E-state index is -4.30. The van der Waals surface area contributed by atoms with Gasteiger partial charge in [0.25, 0.3) is 12.3 Å². The molecule has 0 spiro atoms. The zero-order chi connectivity index (χ0) is 32.3. The molecule has 1 aromatic carbocycles. The van der Waals surface area contributed by atoms with Crippen molar-refractivity contribution in [2.45, 2.75) is 57.8 Å². The van der Waals surface area contributed by atoms with Crippen LogP contribution in [0.1, 0.15) is 48.5 Å². The molecule has 238 valence electrons. The number of imidazole rings is 1. The first-order valence-corrected chi connectivity index (χ1v) is 14.2. The highest BCUT2D eigenvalue weighted by Gasteiger charge is 2.41. The van der Waals surface area contributed by atoms with Crippen LogP contribution in [0, 0.1) is 5.92 Å². The molecule has 0 aliphatic heterocycles. The van der Waals surface area contributed by atoms with Crippen LogP contribution in [-0.4, -0.2) is 51.6 Å². The van der Waals surface area contributed by atoms with Crippen LogP contribution >= 0.6 is 23.2 Å². The molecule has 0 unspecified atom stereocenters. The number of alkyl halides is 5. The van der Waals surface area contributed by atoms with Crippen LogP contribution in [0.3, 0.4) is 0 Å². The van der Waals surface area contributed by atoms with Crippen molar-refractivity contribution in [1.82, 2.24) is 25.2 Å². The summed E-state index contributed by atoms with van der Waals surface area (Å²) in [5.74, 6) is -2.75. The fourth-order valence-electron chi connectivity index (χ4n) is 4.73.